The maximum atomic E-state index is 13.3. The SMILES string of the molecule is O=S(=O)(c1cccc(-c2csc(=Nc3ccccc3)n2CCCN2CCOCC2)c1)N1CCCCC1. The first-order valence-corrected chi connectivity index (χ1v) is 15.1. The van der Waals surface area contributed by atoms with Crippen LogP contribution >= 0.6 is 11.3 Å². The second kappa shape index (κ2) is 11.8. The lowest BCUT2D eigenvalue weighted by Gasteiger charge is -2.26. The number of rotatable bonds is 8. The van der Waals surface area contributed by atoms with Crippen LogP contribution in [-0.4, -0.2) is 68.1 Å². The highest BCUT2D eigenvalue weighted by Gasteiger charge is 2.26. The third-order valence-electron chi connectivity index (χ3n) is 6.82. The Morgan fingerprint density at radius 1 is 0.889 bits per heavy atom. The van der Waals surface area contributed by atoms with Gasteiger partial charge in [0.05, 0.1) is 29.5 Å². The normalized spacial score (nSPS) is 18.5. The lowest BCUT2D eigenvalue weighted by molar-refractivity contribution is 0.0369. The fourth-order valence-corrected chi connectivity index (χ4v) is 7.34. The first kappa shape index (κ1) is 25.4. The van der Waals surface area contributed by atoms with Gasteiger partial charge in [0.15, 0.2) is 4.80 Å². The predicted molar refractivity (Wildman–Crippen MR) is 144 cm³/mol. The molecule has 0 amide bonds. The summed E-state index contributed by atoms with van der Waals surface area (Å²) in [7, 11) is -3.49. The highest BCUT2D eigenvalue weighted by atomic mass is 32.2. The van der Waals surface area contributed by atoms with Crippen LogP contribution in [0.3, 0.4) is 0 Å². The third-order valence-corrected chi connectivity index (χ3v) is 9.58. The van der Waals surface area contributed by atoms with Gasteiger partial charge in [-0.15, -0.1) is 11.3 Å². The molecule has 0 N–H and O–H groups in total. The van der Waals surface area contributed by atoms with Crippen molar-refractivity contribution in [3.63, 3.8) is 0 Å². The van der Waals surface area contributed by atoms with Gasteiger partial charge in [-0.1, -0.05) is 36.8 Å². The molecule has 3 aromatic rings. The standard InChI is InChI=1S/C27H34N4O3S2/c32-36(33,30-14-5-2-6-15-30)25-12-7-9-23(21-25)26-22-35-27(28-24-10-3-1-4-11-24)31(26)16-8-13-29-17-19-34-20-18-29/h1,3-4,7,9-12,21-22H,2,5-6,8,13-20H2. The zero-order valence-electron chi connectivity index (χ0n) is 20.6. The Bertz CT molecular complexity index is 1310. The highest BCUT2D eigenvalue weighted by molar-refractivity contribution is 7.89. The Hall–Kier alpha value is -2.30. The molecule has 36 heavy (non-hydrogen) atoms. The number of piperidine rings is 1. The van der Waals surface area contributed by atoms with Crippen LogP contribution in [0.4, 0.5) is 5.69 Å². The maximum Gasteiger partial charge on any atom is 0.243 e. The van der Waals surface area contributed by atoms with Crippen molar-refractivity contribution >= 4 is 27.0 Å². The molecule has 0 bridgehead atoms. The third kappa shape index (κ3) is 5.98. The van der Waals surface area contributed by atoms with Crippen LogP contribution in [0, 0.1) is 0 Å². The van der Waals surface area contributed by atoms with Gasteiger partial charge in [-0.25, -0.2) is 13.4 Å². The van der Waals surface area contributed by atoms with Crippen molar-refractivity contribution in [2.45, 2.75) is 37.1 Å². The van der Waals surface area contributed by atoms with Gasteiger partial charge in [0.2, 0.25) is 10.0 Å². The summed E-state index contributed by atoms with van der Waals surface area (Å²) in [4.78, 5) is 8.65. The smallest absolute Gasteiger partial charge is 0.243 e. The Kier molecular flexibility index (Phi) is 8.33. The number of sulfonamides is 1. The second-order valence-electron chi connectivity index (χ2n) is 9.30. The number of aromatic nitrogens is 1. The summed E-state index contributed by atoms with van der Waals surface area (Å²) in [6.07, 6.45) is 3.93. The van der Waals surface area contributed by atoms with Crippen molar-refractivity contribution in [1.29, 1.82) is 0 Å². The van der Waals surface area contributed by atoms with E-state index in [2.05, 4.69) is 14.8 Å². The Balaban J connectivity index is 1.46. The van der Waals surface area contributed by atoms with E-state index < -0.39 is 10.0 Å². The van der Waals surface area contributed by atoms with Crippen LogP contribution < -0.4 is 4.80 Å². The lowest BCUT2D eigenvalue weighted by Crippen LogP contribution is -2.37. The highest BCUT2D eigenvalue weighted by Crippen LogP contribution is 2.27. The molecular formula is C27H34N4O3S2. The van der Waals surface area contributed by atoms with E-state index in [1.807, 2.05) is 48.5 Å². The van der Waals surface area contributed by atoms with Crippen LogP contribution in [0.2, 0.25) is 0 Å². The number of hydrogen-bond donors (Lipinski definition) is 0. The number of morpholine rings is 1. The van der Waals surface area contributed by atoms with Crippen LogP contribution in [0.15, 0.2) is 69.9 Å². The van der Waals surface area contributed by atoms with E-state index in [9.17, 15) is 8.42 Å². The molecule has 9 heteroatoms. The Labute approximate surface area is 217 Å². The van der Waals surface area contributed by atoms with Crippen molar-refractivity contribution in [3.05, 3.63) is 64.8 Å². The van der Waals surface area contributed by atoms with Crippen LogP contribution in [0.5, 0.6) is 0 Å². The summed E-state index contributed by atoms with van der Waals surface area (Å²) >= 11 is 1.60. The zero-order valence-corrected chi connectivity index (χ0v) is 22.2. The molecule has 2 aliphatic heterocycles. The summed E-state index contributed by atoms with van der Waals surface area (Å²) in [6.45, 7) is 6.55. The van der Waals surface area contributed by atoms with E-state index >= 15 is 0 Å². The summed E-state index contributed by atoms with van der Waals surface area (Å²) in [5.74, 6) is 0. The minimum Gasteiger partial charge on any atom is -0.379 e. The minimum absolute atomic E-state index is 0.370. The van der Waals surface area contributed by atoms with Gasteiger partial charge in [0, 0.05) is 50.2 Å². The second-order valence-corrected chi connectivity index (χ2v) is 12.1. The summed E-state index contributed by atoms with van der Waals surface area (Å²) in [5, 5.41) is 2.10. The minimum atomic E-state index is -3.49. The van der Waals surface area contributed by atoms with Gasteiger partial charge in [-0.3, -0.25) is 4.90 Å². The number of para-hydroxylation sites is 1. The molecule has 0 spiro atoms. The predicted octanol–water partition coefficient (Wildman–Crippen LogP) is 4.35. The molecule has 0 aliphatic carbocycles. The van der Waals surface area contributed by atoms with Crippen LogP contribution in [0.25, 0.3) is 11.3 Å². The number of thiazole rings is 1. The molecule has 2 aromatic carbocycles. The Morgan fingerprint density at radius 3 is 2.44 bits per heavy atom. The summed E-state index contributed by atoms with van der Waals surface area (Å²) in [6, 6.07) is 17.4. The van der Waals surface area contributed by atoms with Crippen molar-refractivity contribution in [2.75, 3.05) is 45.9 Å². The van der Waals surface area contributed by atoms with Crippen LogP contribution in [0.1, 0.15) is 25.7 Å². The molecule has 7 nitrogen and oxygen atoms in total. The molecule has 0 atom stereocenters. The number of nitrogens with zero attached hydrogens (tertiary/aromatic N) is 4. The van der Waals surface area contributed by atoms with Gasteiger partial charge in [0.25, 0.3) is 0 Å². The molecule has 0 saturated carbocycles. The number of hydrogen-bond acceptors (Lipinski definition) is 6. The maximum absolute atomic E-state index is 13.3. The largest absolute Gasteiger partial charge is 0.379 e. The van der Waals surface area contributed by atoms with Crippen LogP contribution in [-0.2, 0) is 21.3 Å². The quantitative estimate of drug-likeness (QED) is 0.438. The summed E-state index contributed by atoms with van der Waals surface area (Å²) in [5.41, 5.74) is 2.83. The van der Waals surface area contributed by atoms with E-state index in [1.165, 1.54) is 0 Å². The molecule has 2 aliphatic rings. The molecular weight excluding hydrogens is 492 g/mol. The Morgan fingerprint density at radius 2 is 1.67 bits per heavy atom. The van der Waals surface area contributed by atoms with E-state index in [-0.39, 0.29) is 0 Å². The topological polar surface area (TPSA) is 67.1 Å². The molecule has 2 fully saturated rings. The average molecular weight is 527 g/mol. The fourth-order valence-electron chi connectivity index (χ4n) is 4.83. The molecule has 5 rings (SSSR count). The van der Waals surface area contributed by atoms with Crippen molar-refractivity contribution in [3.8, 4) is 11.3 Å². The van der Waals surface area contributed by atoms with Crippen molar-refractivity contribution in [2.24, 2.45) is 4.99 Å². The molecule has 192 valence electrons. The van der Waals surface area contributed by atoms with Gasteiger partial charge in [0.1, 0.15) is 0 Å². The summed E-state index contributed by atoms with van der Waals surface area (Å²) < 4.78 is 36.0. The van der Waals surface area contributed by atoms with E-state index in [0.717, 1.165) is 86.8 Å². The molecule has 3 heterocycles. The van der Waals surface area contributed by atoms with Crippen molar-refractivity contribution < 1.29 is 13.2 Å². The first-order valence-electron chi connectivity index (χ1n) is 12.8. The van der Waals surface area contributed by atoms with E-state index in [0.29, 0.717) is 18.0 Å². The monoisotopic (exact) mass is 526 g/mol. The van der Waals surface area contributed by atoms with Gasteiger partial charge >= 0.3 is 0 Å². The van der Waals surface area contributed by atoms with E-state index in [1.54, 1.807) is 21.7 Å². The zero-order chi connectivity index (χ0) is 24.8. The number of ether oxygens (including phenoxy) is 1. The molecule has 1 aromatic heterocycles. The molecule has 0 radical (unpaired) electrons. The molecule has 2 saturated heterocycles. The van der Waals surface area contributed by atoms with Gasteiger partial charge < -0.3 is 9.30 Å². The molecule has 0 unspecified atom stereocenters. The lowest BCUT2D eigenvalue weighted by atomic mass is 10.1. The average Bonchev–Trinajstić information content (AvgIpc) is 3.32. The fraction of sp³-hybridized carbons (Fsp3) is 0.444. The number of benzene rings is 2. The van der Waals surface area contributed by atoms with E-state index in [4.69, 9.17) is 9.73 Å². The van der Waals surface area contributed by atoms with Crippen molar-refractivity contribution in [1.82, 2.24) is 13.8 Å². The first-order chi connectivity index (χ1) is 17.6. The van der Waals surface area contributed by atoms with Gasteiger partial charge in [-0.2, -0.15) is 4.31 Å². The van der Waals surface area contributed by atoms with Gasteiger partial charge in [-0.05, 0) is 43.5 Å².